The fourth-order valence-corrected chi connectivity index (χ4v) is 2.96. The van der Waals surface area contributed by atoms with Crippen molar-refractivity contribution in [1.82, 2.24) is 19.6 Å². The highest BCUT2D eigenvalue weighted by atomic mass is 35.5. The van der Waals surface area contributed by atoms with Crippen molar-refractivity contribution in [3.8, 4) is 11.4 Å². The molecule has 0 aliphatic heterocycles. The molecule has 0 spiro atoms. The summed E-state index contributed by atoms with van der Waals surface area (Å²) in [6, 6.07) is 13.6. The number of aryl methyl sites for hydroxylation is 1. The number of benzene rings is 2. The maximum atomic E-state index is 6.35. The van der Waals surface area contributed by atoms with Crippen LogP contribution in [-0.4, -0.2) is 19.6 Å². The van der Waals surface area contributed by atoms with Gasteiger partial charge < -0.3 is 0 Å². The van der Waals surface area contributed by atoms with Crippen LogP contribution in [0.4, 0.5) is 0 Å². The summed E-state index contributed by atoms with van der Waals surface area (Å²) in [5.41, 5.74) is 5.24. The van der Waals surface area contributed by atoms with Crippen LogP contribution in [0.1, 0.15) is 11.3 Å². The van der Waals surface area contributed by atoms with E-state index in [0.717, 1.165) is 33.5 Å². The van der Waals surface area contributed by atoms with Gasteiger partial charge in [0.25, 0.3) is 0 Å². The first kappa shape index (κ1) is 13.9. The van der Waals surface area contributed by atoms with E-state index in [4.69, 9.17) is 11.6 Å². The Morgan fingerprint density at radius 1 is 1.13 bits per heavy atom. The van der Waals surface area contributed by atoms with Gasteiger partial charge in [0, 0.05) is 5.56 Å². The van der Waals surface area contributed by atoms with Crippen LogP contribution in [0.3, 0.4) is 0 Å². The Morgan fingerprint density at radius 3 is 2.74 bits per heavy atom. The van der Waals surface area contributed by atoms with Crippen molar-refractivity contribution < 1.29 is 0 Å². The molecule has 0 fully saturated rings. The second-order valence-corrected chi connectivity index (χ2v) is 5.72. The third-order valence-corrected chi connectivity index (χ3v) is 4.20. The molecule has 0 aliphatic rings. The summed E-state index contributed by atoms with van der Waals surface area (Å²) in [6.45, 7) is 5.77. The van der Waals surface area contributed by atoms with Crippen LogP contribution < -0.4 is 0 Å². The number of fused-ring (bicyclic) bond motifs is 3. The van der Waals surface area contributed by atoms with E-state index >= 15 is 0 Å². The maximum absolute atomic E-state index is 6.35. The largest absolute Gasteiger partial charge is 0.272 e. The van der Waals surface area contributed by atoms with Crippen molar-refractivity contribution in [3.63, 3.8) is 0 Å². The van der Waals surface area contributed by atoms with Crippen molar-refractivity contribution in [2.75, 3.05) is 0 Å². The van der Waals surface area contributed by atoms with Crippen molar-refractivity contribution in [3.05, 3.63) is 65.3 Å². The van der Waals surface area contributed by atoms with E-state index in [1.807, 2.05) is 59.9 Å². The summed E-state index contributed by atoms with van der Waals surface area (Å²) < 4.78 is 2.01. The minimum atomic E-state index is 0.643. The van der Waals surface area contributed by atoms with E-state index in [1.165, 1.54) is 0 Å². The minimum Gasteiger partial charge on any atom is -0.272 e. The predicted octanol–water partition coefficient (Wildman–Crippen LogP) is 4.55. The molecule has 112 valence electrons. The number of hydrogen-bond acceptors (Lipinski definition) is 3. The Bertz CT molecular complexity index is 1070. The highest BCUT2D eigenvalue weighted by Gasteiger charge is 2.16. The molecule has 0 aliphatic carbocycles. The summed E-state index contributed by atoms with van der Waals surface area (Å²) in [5.74, 6) is 0.710. The molecule has 0 N–H and O–H groups in total. The molecule has 0 atom stereocenters. The standard InChI is InChI=1S/C18H13ClN4/c1-3-12-8-9-15-16(10-12)23-17(11(2)20-15)21-22-18(23)13-6-4-5-7-14(13)19/h3-10H,1H2,2H3. The normalized spacial score (nSPS) is 11.2. The third kappa shape index (κ3) is 2.11. The van der Waals surface area contributed by atoms with Gasteiger partial charge in [-0.15, -0.1) is 10.2 Å². The smallest absolute Gasteiger partial charge is 0.183 e. The molecular formula is C18H13ClN4. The lowest BCUT2D eigenvalue weighted by molar-refractivity contribution is 1.11. The van der Waals surface area contributed by atoms with Crippen LogP contribution >= 0.6 is 11.6 Å². The first-order valence-electron chi connectivity index (χ1n) is 7.22. The summed E-state index contributed by atoms with van der Waals surface area (Å²) in [6.07, 6.45) is 1.81. The van der Waals surface area contributed by atoms with E-state index in [-0.39, 0.29) is 0 Å². The first-order valence-corrected chi connectivity index (χ1v) is 7.59. The molecule has 0 bridgehead atoms. The summed E-state index contributed by atoms with van der Waals surface area (Å²) in [5, 5.41) is 9.31. The predicted molar refractivity (Wildman–Crippen MR) is 93.6 cm³/mol. The maximum Gasteiger partial charge on any atom is 0.183 e. The van der Waals surface area contributed by atoms with Gasteiger partial charge in [-0.05, 0) is 36.8 Å². The number of nitrogens with zero attached hydrogens (tertiary/aromatic N) is 4. The second kappa shape index (κ2) is 5.18. The van der Waals surface area contributed by atoms with Crippen LogP contribution in [0.15, 0.2) is 49.0 Å². The van der Waals surface area contributed by atoms with Crippen LogP contribution in [0.2, 0.25) is 5.02 Å². The molecular weight excluding hydrogens is 308 g/mol. The van der Waals surface area contributed by atoms with Crippen molar-refractivity contribution >= 4 is 34.4 Å². The molecule has 0 amide bonds. The first-order chi connectivity index (χ1) is 11.2. The van der Waals surface area contributed by atoms with Crippen LogP contribution in [-0.2, 0) is 0 Å². The van der Waals surface area contributed by atoms with Gasteiger partial charge in [0.2, 0.25) is 0 Å². The molecule has 4 rings (SSSR count). The molecule has 2 aromatic carbocycles. The Kier molecular flexibility index (Phi) is 3.13. The van der Waals surface area contributed by atoms with Gasteiger partial charge in [-0.25, -0.2) is 4.98 Å². The third-order valence-electron chi connectivity index (χ3n) is 3.87. The fourth-order valence-electron chi connectivity index (χ4n) is 2.74. The lowest BCUT2D eigenvalue weighted by Gasteiger charge is -2.08. The van der Waals surface area contributed by atoms with E-state index in [9.17, 15) is 0 Å². The molecule has 5 heteroatoms. The quantitative estimate of drug-likeness (QED) is 0.544. The number of rotatable bonds is 2. The molecule has 4 nitrogen and oxygen atoms in total. The van der Waals surface area contributed by atoms with Gasteiger partial charge in [0.1, 0.15) is 0 Å². The minimum absolute atomic E-state index is 0.643. The summed E-state index contributed by atoms with van der Waals surface area (Å²) in [4.78, 5) is 4.62. The molecule has 4 aromatic rings. The zero-order valence-corrected chi connectivity index (χ0v) is 13.2. The molecule has 2 aromatic heterocycles. The lowest BCUT2D eigenvalue weighted by Crippen LogP contribution is -1.98. The van der Waals surface area contributed by atoms with Gasteiger partial charge in [-0.2, -0.15) is 0 Å². The molecule has 0 unspecified atom stereocenters. The van der Waals surface area contributed by atoms with E-state index in [0.29, 0.717) is 10.8 Å². The van der Waals surface area contributed by atoms with Crippen molar-refractivity contribution in [2.24, 2.45) is 0 Å². The van der Waals surface area contributed by atoms with Gasteiger partial charge in [-0.3, -0.25) is 4.40 Å². The average molecular weight is 321 g/mol. The Hall–Kier alpha value is -2.72. The van der Waals surface area contributed by atoms with Gasteiger partial charge in [0.05, 0.1) is 21.7 Å². The summed E-state index contributed by atoms with van der Waals surface area (Å²) in [7, 11) is 0. The van der Waals surface area contributed by atoms with E-state index < -0.39 is 0 Å². The molecule has 23 heavy (non-hydrogen) atoms. The number of aromatic nitrogens is 4. The van der Waals surface area contributed by atoms with Gasteiger partial charge in [-0.1, -0.05) is 42.5 Å². The highest BCUT2D eigenvalue weighted by molar-refractivity contribution is 6.33. The number of halogens is 1. The Balaban J connectivity index is 2.18. The Labute approximate surface area is 138 Å². The highest BCUT2D eigenvalue weighted by Crippen LogP contribution is 2.29. The van der Waals surface area contributed by atoms with Crippen LogP contribution in [0.25, 0.3) is 34.1 Å². The van der Waals surface area contributed by atoms with Crippen LogP contribution in [0.5, 0.6) is 0 Å². The SMILES string of the molecule is C=Cc1ccc2nc(C)c3nnc(-c4ccccc4Cl)n3c2c1. The van der Waals surface area contributed by atoms with Crippen LogP contribution in [0, 0.1) is 6.92 Å². The molecule has 0 saturated heterocycles. The second-order valence-electron chi connectivity index (χ2n) is 5.31. The fraction of sp³-hybridized carbons (Fsp3) is 0.0556. The number of hydrogen-bond donors (Lipinski definition) is 0. The molecule has 2 heterocycles. The zero-order chi connectivity index (χ0) is 16.0. The summed E-state index contributed by atoms with van der Waals surface area (Å²) >= 11 is 6.35. The van der Waals surface area contributed by atoms with Crippen molar-refractivity contribution in [2.45, 2.75) is 6.92 Å². The van der Waals surface area contributed by atoms with E-state index in [2.05, 4.69) is 21.8 Å². The molecule has 0 saturated carbocycles. The average Bonchev–Trinajstić information content (AvgIpc) is 3.01. The van der Waals surface area contributed by atoms with E-state index in [1.54, 1.807) is 0 Å². The monoisotopic (exact) mass is 320 g/mol. The van der Waals surface area contributed by atoms with Gasteiger partial charge in [0.15, 0.2) is 11.5 Å². The lowest BCUT2D eigenvalue weighted by atomic mass is 10.1. The van der Waals surface area contributed by atoms with Gasteiger partial charge >= 0.3 is 0 Å². The zero-order valence-electron chi connectivity index (χ0n) is 12.5. The molecule has 0 radical (unpaired) electrons. The van der Waals surface area contributed by atoms with Crippen molar-refractivity contribution in [1.29, 1.82) is 0 Å². The Morgan fingerprint density at radius 2 is 1.96 bits per heavy atom. The topological polar surface area (TPSA) is 43.1 Å².